The van der Waals surface area contributed by atoms with Crippen molar-refractivity contribution in [2.45, 2.75) is 64.7 Å². The van der Waals surface area contributed by atoms with Crippen molar-refractivity contribution in [2.75, 3.05) is 0 Å². The number of hydrogen-bond donors (Lipinski definition) is 1. The summed E-state index contributed by atoms with van der Waals surface area (Å²) in [6, 6.07) is 0. The van der Waals surface area contributed by atoms with Crippen LogP contribution in [0.2, 0.25) is 0 Å². The molecule has 0 heterocycles. The lowest BCUT2D eigenvalue weighted by Gasteiger charge is -2.19. The summed E-state index contributed by atoms with van der Waals surface area (Å²) in [6.07, 6.45) is 10.5. The van der Waals surface area contributed by atoms with Gasteiger partial charge in [0.15, 0.2) is 0 Å². The van der Waals surface area contributed by atoms with E-state index in [2.05, 4.69) is 17.5 Å². The number of amides is 1. The Morgan fingerprint density at radius 2 is 2.00 bits per heavy atom. The minimum Gasteiger partial charge on any atom is -0.273 e. The zero-order valence-corrected chi connectivity index (χ0v) is 10.9. The Morgan fingerprint density at radius 3 is 2.71 bits per heavy atom. The van der Waals surface area contributed by atoms with E-state index in [4.69, 9.17) is 0 Å². The van der Waals surface area contributed by atoms with E-state index in [0.717, 1.165) is 25.7 Å². The molecule has 0 aromatic carbocycles. The van der Waals surface area contributed by atoms with Crippen LogP contribution < -0.4 is 5.43 Å². The lowest BCUT2D eigenvalue weighted by molar-refractivity contribution is -0.125. The summed E-state index contributed by atoms with van der Waals surface area (Å²) in [5, 5.41) is 4.37. The highest BCUT2D eigenvalue weighted by molar-refractivity contribution is 5.90. The predicted molar refractivity (Wildman–Crippen MR) is 69.8 cm³/mol. The van der Waals surface area contributed by atoms with E-state index >= 15 is 0 Å². The minimum absolute atomic E-state index is 0.152. The molecule has 0 bridgehead atoms. The average Bonchev–Trinajstić information content (AvgIpc) is 2.84. The van der Waals surface area contributed by atoms with Crippen molar-refractivity contribution < 1.29 is 4.79 Å². The molecule has 0 radical (unpaired) electrons. The number of nitrogens with zero attached hydrogens (tertiary/aromatic N) is 1. The molecule has 1 N–H and O–H groups in total. The van der Waals surface area contributed by atoms with Crippen molar-refractivity contribution >= 4 is 11.6 Å². The minimum atomic E-state index is 0.152. The van der Waals surface area contributed by atoms with Gasteiger partial charge in [-0.3, -0.25) is 4.79 Å². The molecule has 0 saturated heterocycles. The second-order valence-electron chi connectivity index (χ2n) is 5.41. The van der Waals surface area contributed by atoms with Gasteiger partial charge >= 0.3 is 0 Å². The van der Waals surface area contributed by atoms with Gasteiger partial charge in [-0.25, -0.2) is 5.43 Å². The molecule has 0 aromatic heterocycles. The molecule has 1 amide bonds. The van der Waals surface area contributed by atoms with Crippen LogP contribution in [0, 0.1) is 11.8 Å². The molecule has 2 rings (SSSR count). The lowest BCUT2D eigenvalue weighted by Crippen LogP contribution is -2.29. The SMILES string of the molecule is CCC1CCCC1=NNC(=O)C1CCCCC1. The zero-order chi connectivity index (χ0) is 12.1. The summed E-state index contributed by atoms with van der Waals surface area (Å²) in [6.45, 7) is 2.20. The Balaban J connectivity index is 1.83. The van der Waals surface area contributed by atoms with Gasteiger partial charge in [-0.1, -0.05) is 26.2 Å². The van der Waals surface area contributed by atoms with Gasteiger partial charge in [0, 0.05) is 11.6 Å². The van der Waals surface area contributed by atoms with Crippen LogP contribution in [0.15, 0.2) is 5.10 Å². The Kier molecular flexibility index (Phi) is 4.57. The van der Waals surface area contributed by atoms with Crippen LogP contribution in [0.3, 0.4) is 0 Å². The Hall–Kier alpha value is -0.860. The van der Waals surface area contributed by atoms with E-state index in [1.54, 1.807) is 0 Å². The molecule has 0 spiro atoms. The zero-order valence-electron chi connectivity index (χ0n) is 10.9. The lowest BCUT2D eigenvalue weighted by atomic mass is 9.89. The average molecular weight is 236 g/mol. The van der Waals surface area contributed by atoms with Crippen LogP contribution in [0.5, 0.6) is 0 Å². The van der Waals surface area contributed by atoms with Crippen molar-refractivity contribution in [3.05, 3.63) is 0 Å². The summed E-state index contributed by atoms with van der Waals surface area (Å²) in [4.78, 5) is 11.9. The standard InChI is InChI=1S/C14H24N2O/c1-2-11-9-6-10-13(11)15-16-14(17)12-7-4-3-5-8-12/h11-12H,2-10H2,1H3,(H,16,17). The van der Waals surface area contributed by atoms with E-state index in [-0.39, 0.29) is 11.8 Å². The number of carbonyl (C=O) groups excluding carboxylic acids is 1. The molecule has 0 aromatic rings. The quantitative estimate of drug-likeness (QED) is 0.751. The molecule has 2 saturated carbocycles. The maximum atomic E-state index is 11.9. The van der Waals surface area contributed by atoms with Crippen molar-refractivity contribution in [3.8, 4) is 0 Å². The van der Waals surface area contributed by atoms with E-state index in [1.165, 1.54) is 37.8 Å². The third-order valence-electron chi connectivity index (χ3n) is 4.24. The molecule has 0 aliphatic heterocycles. The maximum absolute atomic E-state index is 11.9. The highest BCUT2D eigenvalue weighted by Gasteiger charge is 2.23. The number of hydrazone groups is 1. The molecule has 2 aliphatic carbocycles. The number of carbonyl (C=O) groups is 1. The summed E-state index contributed by atoms with van der Waals surface area (Å²) >= 11 is 0. The first-order valence-corrected chi connectivity index (χ1v) is 7.17. The fourth-order valence-corrected chi connectivity index (χ4v) is 3.07. The fraction of sp³-hybridized carbons (Fsp3) is 0.857. The normalized spacial score (nSPS) is 28.5. The third-order valence-corrected chi connectivity index (χ3v) is 4.24. The molecular formula is C14H24N2O. The van der Waals surface area contributed by atoms with Crippen molar-refractivity contribution in [1.82, 2.24) is 5.43 Å². The second kappa shape index (κ2) is 6.18. The number of rotatable bonds is 3. The van der Waals surface area contributed by atoms with Crippen LogP contribution in [-0.2, 0) is 4.79 Å². The maximum Gasteiger partial charge on any atom is 0.243 e. The molecule has 1 atom stereocenters. The van der Waals surface area contributed by atoms with Crippen LogP contribution in [0.25, 0.3) is 0 Å². The van der Waals surface area contributed by atoms with E-state index < -0.39 is 0 Å². The Labute approximate surface area is 104 Å². The van der Waals surface area contributed by atoms with E-state index in [1.807, 2.05) is 0 Å². The van der Waals surface area contributed by atoms with Gasteiger partial charge in [-0.2, -0.15) is 5.10 Å². The smallest absolute Gasteiger partial charge is 0.243 e. The summed E-state index contributed by atoms with van der Waals surface area (Å²) < 4.78 is 0. The molecule has 3 nitrogen and oxygen atoms in total. The van der Waals surface area contributed by atoms with Crippen LogP contribution in [0.4, 0.5) is 0 Å². The highest BCUT2D eigenvalue weighted by atomic mass is 16.2. The van der Waals surface area contributed by atoms with Crippen LogP contribution in [-0.4, -0.2) is 11.6 Å². The molecule has 2 fully saturated rings. The second-order valence-corrected chi connectivity index (χ2v) is 5.41. The molecule has 96 valence electrons. The van der Waals surface area contributed by atoms with Crippen LogP contribution in [0.1, 0.15) is 64.7 Å². The van der Waals surface area contributed by atoms with Crippen molar-refractivity contribution in [3.63, 3.8) is 0 Å². The van der Waals surface area contributed by atoms with Gasteiger partial charge < -0.3 is 0 Å². The largest absolute Gasteiger partial charge is 0.273 e. The first kappa shape index (κ1) is 12.6. The Bertz CT molecular complexity index is 293. The highest BCUT2D eigenvalue weighted by Crippen LogP contribution is 2.26. The third kappa shape index (κ3) is 3.30. The molecule has 3 heteroatoms. The topological polar surface area (TPSA) is 41.5 Å². The van der Waals surface area contributed by atoms with Crippen LogP contribution >= 0.6 is 0 Å². The number of nitrogens with one attached hydrogen (secondary N) is 1. The fourth-order valence-electron chi connectivity index (χ4n) is 3.07. The van der Waals surface area contributed by atoms with E-state index in [9.17, 15) is 4.79 Å². The van der Waals surface area contributed by atoms with Gasteiger partial charge in [0.25, 0.3) is 0 Å². The first-order chi connectivity index (χ1) is 8.31. The molecular weight excluding hydrogens is 212 g/mol. The summed E-state index contributed by atoms with van der Waals surface area (Å²) in [5.74, 6) is 0.982. The van der Waals surface area contributed by atoms with E-state index in [0.29, 0.717) is 5.92 Å². The summed E-state index contributed by atoms with van der Waals surface area (Å²) in [5.41, 5.74) is 4.03. The van der Waals surface area contributed by atoms with Gasteiger partial charge in [-0.15, -0.1) is 0 Å². The molecule has 2 aliphatic rings. The van der Waals surface area contributed by atoms with Crippen molar-refractivity contribution in [1.29, 1.82) is 0 Å². The summed E-state index contributed by atoms with van der Waals surface area (Å²) in [7, 11) is 0. The monoisotopic (exact) mass is 236 g/mol. The van der Waals surface area contributed by atoms with Gasteiger partial charge in [0.1, 0.15) is 0 Å². The number of hydrogen-bond acceptors (Lipinski definition) is 2. The first-order valence-electron chi connectivity index (χ1n) is 7.17. The molecule has 17 heavy (non-hydrogen) atoms. The van der Waals surface area contributed by atoms with Gasteiger partial charge in [-0.05, 0) is 44.4 Å². The molecule has 1 unspecified atom stereocenters. The van der Waals surface area contributed by atoms with Gasteiger partial charge in [0.05, 0.1) is 0 Å². The predicted octanol–water partition coefficient (Wildman–Crippen LogP) is 3.25. The Morgan fingerprint density at radius 1 is 1.24 bits per heavy atom. The van der Waals surface area contributed by atoms with Crippen molar-refractivity contribution in [2.24, 2.45) is 16.9 Å². The van der Waals surface area contributed by atoms with Gasteiger partial charge in [0.2, 0.25) is 5.91 Å².